The number of hydrogen-bond acceptors (Lipinski definition) is 3. The maximum Gasteiger partial charge on any atom is 0.453 e. The summed E-state index contributed by atoms with van der Waals surface area (Å²) >= 11 is 0. The quantitative estimate of drug-likeness (QED) is 0.813. The van der Waals surface area contributed by atoms with Gasteiger partial charge in [0.05, 0.1) is 12.0 Å². The van der Waals surface area contributed by atoms with Gasteiger partial charge < -0.3 is 10.1 Å². The average Bonchev–Trinajstić information content (AvgIpc) is 2.89. The first-order valence-electron chi connectivity index (χ1n) is 6.64. The maximum absolute atomic E-state index is 13.9. The molecule has 1 aliphatic carbocycles. The van der Waals surface area contributed by atoms with Gasteiger partial charge in [0.25, 0.3) is 6.02 Å². The molecule has 0 unspecified atom stereocenters. The third-order valence-corrected chi connectivity index (χ3v) is 4.00. The van der Waals surface area contributed by atoms with Crippen molar-refractivity contribution in [3.8, 4) is 0 Å². The Morgan fingerprint density at radius 2 is 1.75 bits per heavy atom. The Morgan fingerprint density at radius 1 is 1.10 bits per heavy atom. The lowest BCUT2D eigenvalue weighted by Crippen LogP contribution is -2.57. The molecular formula is C12H17F5N2O. The van der Waals surface area contributed by atoms with E-state index >= 15 is 0 Å². The zero-order valence-electron chi connectivity index (χ0n) is 10.9. The fourth-order valence-electron chi connectivity index (χ4n) is 2.82. The Labute approximate surface area is 113 Å². The zero-order valence-corrected chi connectivity index (χ0v) is 10.9. The molecule has 20 heavy (non-hydrogen) atoms. The van der Waals surface area contributed by atoms with Gasteiger partial charge in [0, 0.05) is 6.54 Å². The molecule has 2 rings (SSSR count). The van der Waals surface area contributed by atoms with E-state index in [-0.39, 0.29) is 18.9 Å². The first kappa shape index (κ1) is 15.3. The first-order chi connectivity index (χ1) is 9.29. The Balaban J connectivity index is 2.16. The zero-order chi connectivity index (χ0) is 14.9. The standard InChI is InChI=1S/C12H17F5N2O/c13-11(14,12(15,16)17)10(4-2-1-3-5-10)8-19-9-18-6-7-20-9/h1-8H2,(H,18,19). The molecule has 1 saturated carbocycles. The fourth-order valence-corrected chi connectivity index (χ4v) is 2.82. The fraction of sp³-hybridized carbons (Fsp3) is 0.917. The Morgan fingerprint density at radius 3 is 2.25 bits per heavy atom. The van der Waals surface area contributed by atoms with Crippen molar-refractivity contribution in [3.63, 3.8) is 0 Å². The molecule has 3 nitrogen and oxygen atoms in total. The van der Waals surface area contributed by atoms with Gasteiger partial charge in [-0.05, 0) is 12.8 Å². The molecule has 2 aliphatic rings. The van der Waals surface area contributed by atoms with Crippen molar-refractivity contribution >= 4 is 6.02 Å². The molecule has 8 heteroatoms. The second kappa shape index (κ2) is 5.37. The van der Waals surface area contributed by atoms with Gasteiger partial charge in [0.15, 0.2) is 0 Å². The summed E-state index contributed by atoms with van der Waals surface area (Å²) in [5.41, 5.74) is -2.11. The summed E-state index contributed by atoms with van der Waals surface area (Å²) in [4.78, 5) is 3.85. The number of rotatable bonds is 3. The van der Waals surface area contributed by atoms with Gasteiger partial charge in [0.1, 0.15) is 6.61 Å². The van der Waals surface area contributed by atoms with Gasteiger partial charge in [0.2, 0.25) is 0 Å². The van der Waals surface area contributed by atoms with Crippen LogP contribution in [0.3, 0.4) is 0 Å². The van der Waals surface area contributed by atoms with Crippen molar-refractivity contribution in [3.05, 3.63) is 0 Å². The average molecular weight is 300 g/mol. The molecule has 1 aliphatic heterocycles. The SMILES string of the molecule is FC(F)(F)C(F)(F)C1(CNC2=NCCO2)CCCCC1. The summed E-state index contributed by atoms with van der Waals surface area (Å²) in [6.07, 6.45) is -4.40. The Kier molecular flexibility index (Phi) is 4.11. The number of halogens is 5. The van der Waals surface area contributed by atoms with Crippen molar-refractivity contribution < 1.29 is 26.7 Å². The summed E-state index contributed by atoms with van der Waals surface area (Å²) in [6, 6.07) is 0.0629. The van der Waals surface area contributed by atoms with Crippen molar-refractivity contribution in [2.24, 2.45) is 10.4 Å². The molecule has 0 saturated heterocycles. The molecule has 0 aromatic rings. The summed E-state index contributed by atoms with van der Waals surface area (Å²) in [7, 11) is 0. The Bertz CT molecular complexity index is 375. The van der Waals surface area contributed by atoms with Crippen LogP contribution in [0, 0.1) is 5.41 Å². The number of aliphatic imine (C=N–C) groups is 1. The van der Waals surface area contributed by atoms with Crippen LogP contribution in [0.25, 0.3) is 0 Å². The highest BCUT2D eigenvalue weighted by Gasteiger charge is 2.69. The van der Waals surface area contributed by atoms with Crippen LogP contribution in [-0.2, 0) is 4.74 Å². The van der Waals surface area contributed by atoms with Crippen molar-refractivity contribution in [1.29, 1.82) is 0 Å². The van der Waals surface area contributed by atoms with E-state index in [0.29, 0.717) is 32.4 Å². The van der Waals surface area contributed by atoms with Gasteiger partial charge in [-0.3, -0.25) is 0 Å². The molecule has 0 aromatic heterocycles. The van der Waals surface area contributed by atoms with Gasteiger partial charge in [-0.15, -0.1) is 0 Å². The van der Waals surface area contributed by atoms with Gasteiger partial charge >= 0.3 is 12.1 Å². The van der Waals surface area contributed by atoms with E-state index in [4.69, 9.17) is 4.74 Å². The van der Waals surface area contributed by atoms with Crippen LogP contribution in [0.2, 0.25) is 0 Å². The highest BCUT2D eigenvalue weighted by Crippen LogP contribution is 2.54. The summed E-state index contributed by atoms with van der Waals surface area (Å²) in [6.45, 7) is 0.244. The molecule has 116 valence electrons. The van der Waals surface area contributed by atoms with E-state index < -0.39 is 24.1 Å². The lowest BCUT2D eigenvalue weighted by molar-refractivity contribution is -0.330. The molecule has 0 aromatic carbocycles. The van der Waals surface area contributed by atoms with E-state index in [1.54, 1.807) is 0 Å². The second-order valence-electron chi connectivity index (χ2n) is 5.30. The number of amidine groups is 1. The lowest BCUT2D eigenvalue weighted by Gasteiger charge is -2.43. The molecule has 1 heterocycles. The van der Waals surface area contributed by atoms with Crippen LogP contribution in [0.15, 0.2) is 4.99 Å². The van der Waals surface area contributed by atoms with Crippen LogP contribution in [0.5, 0.6) is 0 Å². The smallest absolute Gasteiger partial charge is 0.453 e. The third kappa shape index (κ3) is 2.69. The molecule has 0 spiro atoms. The number of hydrogen-bond donors (Lipinski definition) is 1. The van der Waals surface area contributed by atoms with E-state index in [1.165, 1.54) is 0 Å². The number of ether oxygens (including phenoxy) is 1. The molecule has 0 bridgehead atoms. The number of nitrogens with one attached hydrogen (secondary N) is 1. The van der Waals surface area contributed by atoms with E-state index in [2.05, 4.69) is 10.3 Å². The largest absolute Gasteiger partial charge is 0.463 e. The summed E-state index contributed by atoms with van der Waals surface area (Å²) in [5, 5.41) is 2.52. The van der Waals surface area contributed by atoms with Crippen LogP contribution < -0.4 is 5.32 Å². The van der Waals surface area contributed by atoms with Crippen molar-refractivity contribution in [2.45, 2.75) is 44.2 Å². The number of nitrogens with zero attached hydrogens (tertiary/aromatic N) is 1. The van der Waals surface area contributed by atoms with Crippen molar-refractivity contribution in [2.75, 3.05) is 19.7 Å². The normalized spacial score (nSPS) is 23.1. The van der Waals surface area contributed by atoms with Crippen LogP contribution >= 0.6 is 0 Å². The first-order valence-corrected chi connectivity index (χ1v) is 6.64. The third-order valence-electron chi connectivity index (χ3n) is 4.00. The maximum atomic E-state index is 13.9. The highest BCUT2D eigenvalue weighted by molar-refractivity contribution is 5.74. The van der Waals surface area contributed by atoms with Gasteiger partial charge in [-0.25, -0.2) is 4.99 Å². The molecule has 0 radical (unpaired) electrons. The molecule has 0 atom stereocenters. The van der Waals surface area contributed by atoms with Gasteiger partial charge in [-0.1, -0.05) is 19.3 Å². The molecular weight excluding hydrogens is 283 g/mol. The van der Waals surface area contributed by atoms with Crippen LogP contribution in [-0.4, -0.2) is 37.8 Å². The second-order valence-corrected chi connectivity index (χ2v) is 5.30. The van der Waals surface area contributed by atoms with Crippen LogP contribution in [0.4, 0.5) is 22.0 Å². The van der Waals surface area contributed by atoms with E-state index in [1.807, 2.05) is 0 Å². The predicted molar refractivity (Wildman–Crippen MR) is 62.8 cm³/mol. The highest BCUT2D eigenvalue weighted by atomic mass is 19.4. The van der Waals surface area contributed by atoms with Gasteiger partial charge in [-0.2, -0.15) is 22.0 Å². The van der Waals surface area contributed by atoms with E-state index in [0.717, 1.165) is 0 Å². The topological polar surface area (TPSA) is 33.6 Å². The molecule has 1 N–H and O–H groups in total. The number of alkyl halides is 5. The van der Waals surface area contributed by atoms with E-state index in [9.17, 15) is 22.0 Å². The minimum absolute atomic E-state index is 0.0629. The van der Waals surface area contributed by atoms with Crippen LogP contribution in [0.1, 0.15) is 32.1 Å². The minimum Gasteiger partial charge on any atom is -0.463 e. The van der Waals surface area contributed by atoms with Crippen molar-refractivity contribution in [1.82, 2.24) is 5.32 Å². The predicted octanol–water partition coefficient (Wildman–Crippen LogP) is 3.11. The Hall–Kier alpha value is -1.08. The molecule has 0 amide bonds. The lowest BCUT2D eigenvalue weighted by atomic mass is 9.69. The monoisotopic (exact) mass is 300 g/mol. The summed E-state index contributed by atoms with van der Waals surface area (Å²) in [5.74, 6) is -4.72. The molecule has 1 fully saturated rings. The summed E-state index contributed by atoms with van der Waals surface area (Å²) < 4.78 is 71.0. The minimum atomic E-state index is -5.54.